The topological polar surface area (TPSA) is 133 Å². The van der Waals surface area contributed by atoms with Crippen molar-refractivity contribution in [2.45, 2.75) is 0 Å². The predicted molar refractivity (Wildman–Crippen MR) is 102 cm³/mol. The highest BCUT2D eigenvalue weighted by atomic mass is 35.7. The molecule has 25 heavy (non-hydrogen) atoms. The van der Waals surface area contributed by atoms with Crippen LogP contribution in [0.25, 0.3) is 0 Å². The Balaban J connectivity index is -0.000000365. The van der Waals surface area contributed by atoms with Crippen LogP contribution in [0.5, 0.6) is 0 Å². The van der Waals surface area contributed by atoms with E-state index in [1.54, 1.807) is 7.11 Å². The van der Waals surface area contributed by atoms with Crippen LogP contribution >= 0.6 is 58.8 Å². The second-order valence-electron chi connectivity index (χ2n) is 3.30. The first kappa shape index (κ1) is 31.2. The highest BCUT2D eigenvalue weighted by Crippen LogP contribution is 2.72. The van der Waals surface area contributed by atoms with Crippen molar-refractivity contribution < 1.29 is 50.0 Å². The Bertz CT molecular complexity index is 432. The molecule has 0 aliphatic heterocycles. The predicted octanol–water partition coefficient (Wildman–Crippen LogP) is 5.53. The van der Waals surface area contributed by atoms with Gasteiger partial charge >= 0.3 is 30.9 Å². The maximum Gasteiger partial charge on any atom is 0.514 e. The lowest BCUT2D eigenvalue weighted by atomic mass is 11.8. The quantitative estimate of drug-likeness (QED) is 0.211. The number of rotatable bonds is 10. The summed E-state index contributed by atoms with van der Waals surface area (Å²) in [6.07, 6.45) is 0. The fourth-order valence-electron chi connectivity index (χ4n) is 0.508. The van der Waals surface area contributed by atoms with Crippen LogP contribution in [0.3, 0.4) is 0 Å². The molecule has 0 bridgehead atoms. The van der Waals surface area contributed by atoms with Crippen molar-refractivity contribution >= 4 is 58.8 Å². The maximum absolute atomic E-state index is 11.6. The summed E-state index contributed by atoms with van der Waals surface area (Å²) in [4.78, 5) is 4.19. The van der Waals surface area contributed by atoms with Crippen molar-refractivity contribution in [2.24, 2.45) is 0 Å². The van der Waals surface area contributed by atoms with E-state index in [-0.39, 0.29) is 8.16 Å². The number of hydrogen-bond donors (Lipinski definition) is 0. The molecule has 0 aromatic rings. The van der Waals surface area contributed by atoms with E-state index in [4.69, 9.17) is 11.2 Å². The summed E-state index contributed by atoms with van der Waals surface area (Å²) in [7, 11) is -5.89. The Morgan fingerprint density at radius 3 is 1.44 bits per heavy atom. The summed E-state index contributed by atoms with van der Waals surface area (Å²) in [6.45, 7) is 3.81. The van der Waals surface area contributed by atoms with Crippen molar-refractivity contribution in [1.29, 1.82) is 0 Å². The zero-order valence-corrected chi connectivity index (χ0v) is 21.0. The molecule has 152 valence electrons. The van der Waals surface area contributed by atoms with E-state index in [0.29, 0.717) is 0 Å². The molecule has 0 N–H and O–H groups in total. The van der Waals surface area contributed by atoms with E-state index >= 15 is 0 Å². The smallest absolute Gasteiger partial charge is 0.349 e. The van der Waals surface area contributed by atoms with Gasteiger partial charge in [0.2, 0.25) is 0 Å². The van der Waals surface area contributed by atoms with E-state index in [1.165, 1.54) is 41.3 Å². The van der Waals surface area contributed by atoms with Gasteiger partial charge in [0, 0.05) is 28.0 Å². The van der Waals surface area contributed by atoms with E-state index in [2.05, 4.69) is 31.8 Å². The van der Waals surface area contributed by atoms with Gasteiger partial charge in [-0.25, -0.2) is 14.1 Å². The SMILES string of the molecule is COOPP(=O)(O[P+](C)=O)O[P+](C)=O.COP(C)(=O)OC.COPCl. The molecule has 0 rings (SSSR count). The van der Waals surface area contributed by atoms with Crippen molar-refractivity contribution in [3.63, 3.8) is 0 Å². The van der Waals surface area contributed by atoms with E-state index in [1.807, 2.05) is 0 Å². The van der Waals surface area contributed by atoms with Crippen LogP contribution in [0.15, 0.2) is 0 Å². The molecule has 4 atom stereocenters. The first-order chi connectivity index (χ1) is 11.4. The molecule has 0 heterocycles. The fraction of sp³-hybridized carbons (Fsp3) is 1.00. The minimum atomic E-state index is -3.73. The molecular formula is C7H23ClO11P6+2. The first-order valence-corrected chi connectivity index (χ1v) is 16.2. The summed E-state index contributed by atoms with van der Waals surface area (Å²) in [5.41, 5.74) is 0. The lowest BCUT2D eigenvalue weighted by molar-refractivity contribution is -0.164. The van der Waals surface area contributed by atoms with Gasteiger partial charge in [0.05, 0.1) is 7.11 Å². The highest BCUT2D eigenvalue weighted by molar-refractivity contribution is 8.20. The standard InChI is InChI=1S/C3H10O7P4.C3H9O3P.CH4ClOP/c1-7-8-11-14(6,9-12(2)4)10-13(3)5;1-5-7(3,4)6-2;1-3-4-2/h11H,1-3H3;1-3H3;4H,1H3/q+2;;. The van der Waals surface area contributed by atoms with Gasteiger partial charge in [0.15, 0.2) is 21.8 Å². The fourth-order valence-corrected chi connectivity index (χ4v) is 7.07. The van der Waals surface area contributed by atoms with Crippen LogP contribution in [-0.2, 0) is 50.0 Å². The molecule has 0 saturated heterocycles. The van der Waals surface area contributed by atoms with Crippen LogP contribution in [0, 0.1) is 0 Å². The Morgan fingerprint density at radius 2 is 1.28 bits per heavy atom. The maximum atomic E-state index is 11.6. The van der Waals surface area contributed by atoms with Crippen LogP contribution < -0.4 is 0 Å². The molecule has 0 aliphatic rings. The first-order valence-electron chi connectivity index (χ1n) is 5.79. The highest BCUT2D eigenvalue weighted by Gasteiger charge is 2.42. The van der Waals surface area contributed by atoms with Gasteiger partial charge in [-0.15, -0.1) is 0 Å². The van der Waals surface area contributed by atoms with Crippen LogP contribution in [0.4, 0.5) is 0 Å². The van der Waals surface area contributed by atoms with Crippen molar-refractivity contribution in [1.82, 2.24) is 0 Å². The molecule has 0 aliphatic carbocycles. The van der Waals surface area contributed by atoms with Gasteiger partial charge in [-0.2, -0.15) is 0 Å². The normalized spacial score (nSPS) is 15.2. The molecule has 0 amide bonds. The molecule has 18 heteroatoms. The number of hydrogen-bond acceptors (Lipinski definition) is 11. The van der Waals surface area contributed by atoms with Crippen LogP contribution in [0.1, 0.15) is 0 Å². The van der Waals surface area contributed by atoms with Crippen LogP contribution in [0.2, 0.25) is 0 Å². The van der Waals surface area contributed by atoms with Gasteiger partial charge in [0.25, 0.3) is 0 Å². The minimum absolute atomic E-state index is 0.113. The van der Waals surface area contributed by atoms with Gasteiger partial charge < -0.3 is 13.6 Å². The summed E-state index contributed by atoms with van der Waals surface area (Å²) in [5.74, 6) is 0. The molecule has 0 fully saturated rings. The van der Waals surface area contributed by atoms with E-state index < -0.39 is 39.4 Å². The molecule has 0 spiro atoms. The molecule has 4 unspecified atom stereocenters. The average molecular weight is 505 g/mol. The van der Waals surface area contributed by atoms with Crippen molar-refractivity contribution in [3.05, 3.63) is 0 Å². The summed E-state index contributed by atoms with van der Waals surface area (Å²) < 4.78 is 70.0. The third-order valence-electron chi connectivity index (χ3n) is 1.42. The summed E-state index contributed by atoms with van der Waals surface area (Å²) in [5, 5.41) is 0. The largest absolute Gasteiger partial charge is 0.514 e. The number of halogens is 1. The lowest BCUT2D eigenvalue weighted by Crippen LogP contribution is -1.82. The van der Waals surface area contributed by atoms with Gasteiger partial charge in [-0.05, 0) is 17.8 Å². The average Bonchev–Trinajstić information content (AvgIpc) is 2.52. The third-order valence-corrected chi connectivity index (χ3v) is 9.75. The van der Waals surface area contributed by atoms with Crippen LogP contribution in [-0.4, -0.2) is 48.4 Å². The second kappa shape index (κ2) is 18.9. The summed E-state index contributed by atoms with van der Waals surface area (Å²) >= 11 is 4.99. The summed E-state index contributed by atoms with van der Waals surface area (Å²) in [6, 6.07) is 0. The second-order valence-corrected chi connectivity index (χ2v) is 13.2. The van der Waals surface area contributed by atoms with Crippen molar-refractivity contribution in [2.75, 3.05) is 48.4 Å². The monoisotopic (exact) mass is 504 g/mol. The lowest BCUT2D eigenvalue weighted by Gasteiger charge is -2.04. The molecule has 0 aromatic heterocycles. The Hall–Kier alpha value is 1.53. The van der Waals surface area contributed by atoms with E-state index in [0.717, 1.165) is 0 Å². The molecule has 11 nitrogen and oxygen atoms in total. The molecular weight excluding hydrogens is 481 g/mol. The van der Waals surface area contributed by atoms with Gasteiger partial charge in [0.1, 0.15) is 8.16 Å². The third kappa shape index (κ3) is 25.5. The van der Waals surface area contributed by atoms with E-state index in [9.17, 15) is 18.3 Å². The Morgan fingerprint density at radius 1 is 0.920 bits per heavy atom. The minimum Gasteiger partial charge on any atom is -0.349 e. The Kier molecular flexibility index (Phi) is 23.6. The Labute approximate surface area is 157 Å². The van der Waals surface area contributed by atoms with Gasteiger partial charge in [-0.3, -0.25) is 4.57 Å². The molecule has 0 aromatic carbocycles. The zero-order valence-electron chi connectivity index (χ0n) is 14.7. The van der Waals surface area contributed by atoms with Crippen molar-refractivity contribution in [3.8, 4) is 0 Å². The van der Waals surface area contributed by atoms with Gasteiger partial charge in [-0.1, -0.05) is 11.2 Å². The molecule has 0 saturated carbocycles. The zero-order chi connectivity index (χ0) is 20.5. The molecule has 0 radical (unpaired) electrons.